The fraction of sp³-hybridized carbons (Fsp3) is 0.588. The van der Waals surface area contributed by atoms with Gasteiger partial charge < -0.3 is 0 Å². The van der Waals surface area contributed by atoms with Crippen molar-refractivity contribution in [3.05, 3.63) is 69.8 Å². The van der Waals surface area contributed by atoms with E-state index in [1.54, 1.807) is 0 Å². The molecule has 1 nitrogen and oxygen atoms in total. The topological polar surface area (TPSA) is 9.23 Å². The molecular formula is C34H53F6IOSb-. The van der Waals surface area contributed by atoms with Crippen molar-refractivity contribution in [3.63, 3.8) is 0 Å². The number of hydrogen-bond donors (Lipinski definition) is 0. The Balaban J connectivity index is 0.00000117. The molecule has 0 aliphatic heterocycles. The number of ether oxygens (including phenoxy) is 1. The molecule has 0 unspecified atom stereocenters. The van der Waals surface area contributed by atoms with Crippen LogP contribution in [0.5, 0.6) is 5.75 Å². The average Bonchev–Trinajstić information content (AvgIpc) is 2.94. The van der Waals surface area contributed by atoms with E-state index < -0.39 is 39.3 Å². The number of benzene rings is 2. The average molecular weight is 840 g/mol. The summed E-state index contributed by atoms with van der Waals surface area (Å²) in [6.07, 6.45) is 27.1. The normalized spacial score (nSPS) is 13.6. The summed E-state index contributed by atoms with van der Waals surface area (Å²) in [4.78, 5) is 2.45. The van der Waals surface area contributed by atoms with Crippen molar-refractivity contribution in [3.8, 4) is 5.75 Å². The molecule has 0 saturated carbocycles. The van der Waals surface area contributed by atoms with Crippen LogP contribution in [-0.2, 0) is 0 Å². The van der Waals surface area contributed by atoms with E-state index in [4.69, 9.17) is 4.74 Å². The summed E-state index contributed by atoms with van der Waals surface area (Å²) >= 11 is -12.4. The number of allylic oxidation sites excluding steroid dienone is 1. The fourth-order valence-electron chi connectivity index (χ4n) is 4.55. The van der Waals surface area contributed by atoms with E-state index in [2.05, 4.69) is 78.6 Å². The van der Waals surface area contributed by atoms with Crippen LogP contribution in [0.2, 0.25) is 0 Å². The Morgan fingerprint density at radius 3 is 1.47 bits per heavy atom. The first-order chi connectivity index (χ1) is 20.2. The zero-order valence-corrected chi connectivity index (χ0v) is 30.8. The van der Waals surface area contributed by atoms with Crippen LogP contribution in [0.3, 0.4) is 0 Å². The Morgan fingerprint density at radius 2 is 1.02 bits per heavy atom. The van der Waals surface area contributed by atoms with Crippen LogP contribution >= 0.6 is 19.8 Å². The van der Waals surface area contributed by atoms with Gasteiger partial charge in [-0.3, -0.25) is 0 Å². The Morgan fingerprint density at radius 1 is 0.605 bits per heavy atom. The van der Waals surface area contributed by atoms with Crippen molar-refractivity contribution in [2.24, 2.45) is 0 Å². The SMILES string of the molecule is CCCCCCCCCCCCCCCCCCOc1ccc(I(C)C/C=C/c2ccccc2)cc1.[F][Sb-]([F])([F])([F])([F])[F]. The quantitative estimate of drug-likeness (QED) is 0.0377. The molecule has 0 aliphatic rings. The van der Waals surface area contributed by atoms with Crippen LogP contribution in [0.15, 0.2) is 60.7 Å². The van der Waals surface area contributed by atoms with Crippen molar-refractivity contribution < 1.29 is 21.6 Å². The van der Waals surface area contributed by atoms with Gasteiger partial charge in [-0.25, -0.2) is 0 Å². The van der Waals surface area contributed by atoms with E-state index in [0.29, 0.717) is 0 Å². The minimum absolute atomic E-state index is 0.853. The molecule has 0 amide bonds. The van der Waals surface area contributed by atoms with E-state index in [9.17, 15) is 16.9 Å². The molecule has 0 spiro atoms. The molecule has 0 aliphatic carbocycles. The monoisotopic (exact) mass is 839 g/mol. The molecule has 43 heavy (non-hydrogen) atoms. The van der Waals surface area contributed by atoms with Gasteiger partial charge >= 0.3 is 197 Å². The van der Waals surface area contributed by atoms with Gasteiger partial charge in [-0.05, 0) is 0 Å². The summed E-state index contributed by atoms with van der Waals surface area (Å²) in [7, 11) is 0. The van der Waals surface area contributed by atoms with Crippen molar-refractivity contribution >= 4 is 45.4 Å². The zero-order valence-electron chi connectivity index (χ0n) is 26.1. The first kappa shape index (κ1) is 40.1. The number of halogens is 7. The van der Waals surface area contributed by atoms with Crippen LogP contribution in [0, 0.1) is 3.57 Å². The molecule has 0 atom stereocenters. The third-order valence-electron chi connectivity index (χ3n) is 6.88. The molecule has 2 aromatic carbocycles. The zero-order chi connectivity index (χ0) is 31.9. The molecule has 0 radical (unpaired) electrons. The molecule has 0 saturated heterocycles. The Hall–Kier alpha value is -0.892. The Labute approximate surface area is 266 Å². The first-order valence-electron chi connectivity index (χ1n) is 15.8. The van der Waals surface area contributed by atoms with E-state index in [-0.39, 0.29) is 0 Å². The van der Waals surface area contributed by atoms with E-state index >= 15 is 0 Å². The molecule has 250 valence electrons. The number of unbranched alkanes of at least 4 members (excludes halogenated alkanes) is 15. The molecule has 2 rings (SSSR count). The summed E-state index contributed by atoms with van der Waals surface area (Å²) in [5.41, 5.74) is 1.29. The van der Waals surface area contributed by atoms with Gasteiger partial charge in [-0.1, -0.05) is 71.1 Å². The minimum atomic E-state index is -11.2. The third-order valence-corrected chi connectivity index (χ3v) is 11.6. The van der Waals surface area contributed by atoms with Crippen molar-refractivity contribution in [2.75, 3.05) is 16.0 Å². The molecule has 0 bridgehead atoms. The maximum atomic E-state index is 9.93. The number of alkyl halides is 2. The van der Waals surface area contributed by atoms with Crippen LogP contribution < -0.4 is 4.74 Å². The summed E-state index contributed by atoms with van der Waals surface area (Å²) in [6, 6.07) is 19.5. The van der Waals surface area contributed by atoms with E-state index in [1.807, 2.05) is 0 Å². The van der Waals surface area contributed by atoms with Gasteiger partial charge in [0.15, 0.2) is 0 Å². The molecule has 9 heteroatoms. The first-order valence-corrected chi connectivity index (χ1v) is 26.4. The molecule has 2 aromatic rings. The van der Waals surface area contributed by atoms with E-state index in [0.717, 1.165) is 12.4 Å². The van der Waals surface area contributed by atoms with Crippen molar-refractivity contribution in [2.45, 2.75) is 110 Å². The predicted octanol–water partition coefficient (Wildman–Crippen LogP) is 13.5. The predicted molar refractivity (Wildman–Crippen MR) is 183 cm³/mol. The standard InChI is InChI=1S/C34H53IO.6FH.Sb/c1-3-4-5-6-7-8-9-10-11-12-13-14-15-16-17-21-31-36-34-28-26-33(27-29-34)35(2)30-22-25-32-23-19-18-20-24-32;;;;;;;/h18-20,22-29H,3-17,21,30-31H2,1-2H3;6*1H;/q;;;;;;;+5/p-6/b25-22+;;;;;;;. The molecule has 0 N–H and O–H groups in total. The van der Waals surface area contributed by atoms with Crippen LogP contribution in [0.1, 0.15) is 115 Å². The van der Waals surface area contributed by atoms with E-state index in [1.165, 1.54) is 116 Å². The number of hydrogen-bond acceptors (Lipinski definition) is 1. The van der Waals surface area contributed by atoms with Gasteiger partial charge in [0.1, 0.15) is 0 Å². The summed E-state index contributed by atoms with van der Waals surface area (Å²) < 4.78 is 68.3. The second-order valence-electron chi connectivity index (χ2n) is 11.1. The third kappa shape index (κ3) is 29.6. The molecule has 0 heterocycles. The second kappa shape index (κ2) is 21.0. The summed E-state index contributed by atoms with van der Waals surface area (Å²) in [6.45, 7) is 3.15. The molecular weight excluding hydrogens is 787 g/mol. The maximum absolute atomic E-state index is 11.2. The second-order valence-corrected chi connectivity index (χ2v) is 22.1. The van der Waals surface area contributed by atoms with Gasteiger partial charge in [-0.15, -0.1) is 0 Å². The Bertz CT molecular complexity index is 971. The van der Waals surface area contributed by atoms with Crippen molar-refractivity contribution in [1.82, 2.24) is 0 Å². The molecule has 0 fully saturated rings. The van der Waals surface area contributed by atoms with Crippen LogP contribution in [0.25, 0.3) is 6.08 Å². The van der Waals surface area contributed by atoms with Crippen LogP contribution in [0.4, 0.5) is 16.9 Å². The molecule has 0 aromatic heterocycles. The van der Waals surface area contributed by atoms with Gasteiger partial charge in [0, 0.05) is 0 Å². The van der Waals surface area contributed by atoms with Gasteiger partial charge in [0.25, 0.3) is 0 Å². The Kier molecular flexibility index (Phi) is 19.6. The van der Waals surface area contributed by atoms with Gasteiger partial charge in [0.05, 0.1) is 0 Å². The number of rotatable bonds is 22. The fourth-order valence-corrected chi connectivity index (χ4v) is 7.67. The van der Waals surface area contributed by atoms with Crippen LogP contribution in [-0.4, -0.2) is 35.4 Å². The summed E-state index contributed by atoms with van der Waals surface area (Å²) in [5.74, 6) is 1.03. The van der Waals surface area contributed by atoms with Gasteiger partial charge in [-0.2, -0.15) is 0 Å². The summed E-state index contributed by atoms with van der Waals surface area (Å²) in [5, 5.41) is 0. The van der Waals surface area contributed by atoms with Crippen molar-refractivity contribution in [1.29, 1.82) is 0 Å². The van der Waals surface area contributed by atoms with Gasteiger partial charge in [0.2, 0.25) is 0 Å².